The molecule has 1 fully saturated rings. The first-order valence-electron chi connectivity index (χ1n) is 8.38. The fourth-order valence-electron chi connectivity index (χ4n) is 2.52. The number of halogens is 3. The first-order chi connectivity index (χ1) is 12.7. The Balaban J connectivity index is 1.82. The van der Waals surface area contributed by atoms with E-state index >= 15 is 0 Å². The van der Waals surface area contributed by atoms with E-state index in [4.69, 9.17) is 0 Å². The molecule has 1 heterocycles. The van der Waals surface area contributed by atoms with E-state index in [1.165, 1.54) is 17.4 Å². The molecular weight excluding hydrogens is 401 g/mol. The van der Waals surface area contributed by atoms with Gasteiger partial charge in [0.1, 0.15) is 0 Å². The molecule has 1 aromatic rings. The Morgan fingerprint density at radius 3 is 2.59 bits per heavy atom. The number of hydrogen-bond acceptors (Lipinski definition) is 4. The fraction of sp³-hybridized carbons (Fsp3) is 0.562. The summed E-state index contributed by atoms with van der Waals surface area (Å²) < 4.78 is 64.3. The van der Waals surface area contributed by atoms with Crippen molar-refractivity contribution in [2.24, 2.45) is 4.99 Å². The van der Waals surface area contributed by atoms with Crippen molar-refractivity contribution in [2.75, 3.05) is 43.9 Å². The summed E-state index contributed by atoms with van der Waals surface area (Å²) in [4.78, 5) is 3.97. The van der Waals surface area contributed by atoms with Crippen molar-refractivity contribution in [1.82, 2.24) is 14.9 Å². The van der Waals surface area contributed by atoms with Gasteiger partial charge >= 0.3 is 6.18 Å². The molecule has 1 aliphatic rings. The van der Waals surface area contributed by atoms with E-state index in [9.17, 15) is 21.6 Å². The van der Waals surface area contributed by atoms with Gasteiger partial charge in [-0.05, 0) is 17.7 Å². The largest absolute Gasteiger partial charge is 0.416 e. The topological polar surface area (TPSA) is 73.8 Å². The molecule has 1 aliphatic heterocycles. The number of alkyl halides is 3. The fourth-order valence-corrected chi connectivity index (χ4v) is 5.01. The molecule has 11 heteroatoms. The second-order valence-corrected chi connectivity index (χ2v) is 9.19. The molecule has 27 heavy (non-hydrogen) atoms. The van der Waals surface area contributed by atoms with Gasteiger partial charge in [-0.1, -0.05) is 12.1 Å². The van der Waals surface area contributed by atoms with Gasteiger partial charge in [-0.15, -0.1) is 0 Å². The van der Waals surface area contributed by atoms with E-state index in [2.05, 4.69) is 15.6 Å². The first kappa shape index (κ1) is 21.8. The molecular formula is C16H23F3N4O2S2. The van der Waals surface area contributed by atoms with E-state index < -0.39 is 21.8 Å². The van der Waals surface area contributed by atoms with Crippen molar-refractivity contribution in [1.29, 1.82) is 0 Å². The second kappa shape index (κ2) is 9.65. The molecule has 0 amide bonds. The third-order valence-corrected chi connectivity index (χ3v) is 6.77. The molecule has 0 atom stereocenters. The van der Waals surface area contributed by atoms with Crippen molar-refractivity contribution in [3.05, 3.63) is 35.4 Å². The smallest absolute Gasteiger partial charge is 0.355 e. The standard InChI is InChI=1S/C16H23F3N4O2S2/c1-20-15(21-5-10-27(24,25)23-6-8-26-9-7-23)22-12-13-3-2-4-14(11-13)16(17,18)19/h2-4,11H,5-10,12H2,1H3,(H2,20,21,22). The molecule has 152 valence electrons. The summed E-state index contributed by atoms with van der Waals surface area (Å²) in [6, 6.07) is 5.01. The molecule has 6 nitrogen and oxygen atoms in total. The number of benzene rings is 1. The van der Waals surface area contributed by atoms with Crippen LogP contribution in [-0.4, -0.2) is 62.6 Å². The lowest BCUT2D eigenvalue weighted by Crippen LogP contribution is -2.44. The van der Waals surface area contributed by atoms with Crippen molar-refractivity contribution in [2.45, 2.75) is 12.7 Å². The van der Waals surface area contributed by atoms with E-state index in [-0.39, 0.29) is 18.8 Å². The molecule has 0 unspecified atom stereocenters. The van der Waals surface area contributed by atoms with Crippen LogP contribution in [-0.2, 0) is 22.7 Å². The van der Waals surface area contributed by atoms with Gasteiger partial charge in [-0.3, -0.25) is 4.99 Å². The second-order valence-electron chi connectivity index (χ2n) is 5.88. The average Bonchev–Trinajstić information content (AvgIpc) is 2.64. The van der Waals surface area contributed by atoms with E-state index in [0.717, 1.165) is 23.6 Å². The van der Waals surface area contributed by atoms with Crippen LogP contribution >= 0.6 is 11.8 Å². The molecule has 2 rings (SSSR count). The Morgan fingerprint density at radius 2 is 1.96 bits per heavy atom. The van der Waals surface area contributed by atoms with Crippen molar-refractivity contribution >= 4 is 27.7 Å². The molecule has 0 saturated carbocycles. The minimum atomic E-state index is -4.39. The van der Waals surface area contributed by atoms with Gasteiger partial charge in [0.25, 0.3) is 0 Å². The summed E-state index contributed by atoms with van der Waals surface area (Å²) >= 11 is 1.73. The third-order valence-electron chi connectivity index (χ3n) is 3.95. The van der Waals surface area contributed by atoms with Gasteiger partial charge in [0, 0.05) is 44.7 Å². The third kappa shape index (κ3) is 6.89. The van der Waals surface area contributed by atoms with E-state index in [1.807, 2.05) is 0 Å². The van der Waals surface area contributed by atoms with Crippen LogP contribution in [0.25, 0.3) is 0 Å². The minimum Gasteiger partial charge on any atom is -0.355 e. The molecule has 0 radical (unpaired) electrons. The van der Waals surface area contributed by atoms with Crippen LogP contribution in [0.4, 0.5) is 13.2 Å². The normalized spacial score (nSPS) is 17.0. The number of guanidine groups is 1. The molecule has 1 saturated heterocycles. The van der Waals surface area contributed by atoms with Gasteiger partial charge < -0.3 is 10.6 Å². The predicted octanol–water partition coefficient (Wildman–Crippen LogP) is 1.75. The van der Waals surface area contributed by atoms with Gasteiger partial charge in [-0.25, -0.2) is 12.7 Å². The van der Waals surface area contributed by atoms with Gasteiger partial charge in [0.15, 0.2) is 5.96 Å². The van der Waals surface area contributed by atoms with Crippen LogP contribution in [0.15, 0.2) is 29.3 Å². The molecule has 0 aromatic heterocycles. The number of thioether (sulfide) groups is 1. The average molecular weight is 425 g/mol. The predicted molar refractivity (Wildman–Crippen MR) is 102 cm³/mol. The highest BCUT2D eigenvalue weighted by molar-refractivity contribution is 7.99. The van der Waals surface area contributed by atoms with Gasteiger partial charge in [0.05, 0.1) is 11.3 Å². The van der Waals surface area contributed by atoms with Crippen LogP contribution in [0.2, 0.25) is 0 Å². The number of rotatable bonds is 6. The zero-order valence-electron chi connectivity index (χ0n) is 14.9. The van der Waals surface area contributed by atoms with Crippen molar-refractivity contribution < 1.29 is 21.6 Å². The van der Waals surface area contributed by atoms with Crippen LogP contribution in [0.5, 0.6) is 0 Å². The molecule has 0 aliphatic carbocycles. The number of aliphatic imine (C=N–C) groups is 1. The number of nitrogens with zero attached hydrogens (tertiary/aromatic N) is 2. The molecule has 0 spiro atoms. The van der Waals surface area contributed by atoms with Gasteiger partial charge in [-0.2, -0.15) is 24.9 Å². The summed E-state index contributed by atoms with van der Waals surface area (Å²) in [5.74, 6) is 1.86. The van der Waals surface area contributed by atoms with Gasteiger partial charge in [0.2, 0.25) is 10.0 Å². The summed E-state index contributed by atoms with van der Waals surface area (Å²) in [7, 11) is -1.81. The zero-order chi connectivity index (χ0) is 19.9. The van der Waals surface area contributed by atoms with Crippen molar-refractivity contribution in [3.63, 3.8) is 0 Å². The maximum Gasteiger partial charge on any atom is 0.416 e. The minimum absolute atomic E-state index is 0.0675. The quantitative estimate of drug-likeness (QED) is 0.538. The SMILES string of the molecule is CN=C(NCCS(=O)(=O)N1CCSCC1)NCc1cccc(C(F)(F)F)c1. The number of sulfonamides is 1. The Hall–Kier alpha value is -1.46. The van der Waals surface area contributed by atoms with E-state index in [1.54, 1.807) is 17.8 Å². The monoisotopic (exact) mass is 424 g/mol. The summed E-state index contributed by atoms with van der Waals surface area (Å²) in [6.07, 6.45) is -4.39. The summed E-state index contributed by atoms with van der Waals surface area (Å²) in [5, 5.41) is 5.78. The highest BCUT2D eigenvalue weighted by Crippen LogP contribution is 2.29. The highest BCUT2D eigenvalue weighted by Gasteiger charge is 2.30. The summed E-state index contributed by atoms with van der Waals surface area (Å²) in [6.45, 7) is 1.35. The lowest BCUT2D eigenvalue weighted by Gasteiger charge is -2.25. The summed E-state index contributed by atoms with van der Waals surface area (Å²) in [5.41, 5.74) is -0.262. The molecule has 0 bridgehead atoms. The maximum absolute atomic E-state index is 12.7. The lowest BCUT2D eigenvalue weighted by atomic mass is 10.1. The number of hydrogen-bond donors (Lipinski definition) is 2. The Morgan fingerprint density at radius 1 is 1.26 bits per heavy atom. The zero-order valence-corrected chi connectivity index (χ0v) is 16.6. The first-order valence-corrected chi connectivity index (χ1v) is 11.1. The Kier molecular flexibility index (Phi) is 7.80. The van der Waals surface area contributed by atoms with Crippen LogP contribution in [0.1, 0.15) is 11.1 Å². The molecule has 2 N–H and O–H groups in total. The highest BCUT2D eigenvalue weighted by atomic mass is 32.2. The van der Waals surface area contributed by atoms with Crippen LogP contribution < -0.4 is 10.6 Å². The lowest BCUT2D eigenvalue weighted by molar-refractivity contribution is -0.137. The Bertz CT molecular complexity index is 748. The van der Waals surface area contributed by atoms with Crippen LogP contribution in [0, 0.1) is 0 Å². The molecule has 1 aromatic carbocycles. The maximum atomic E-state index is 12.7. The Labute approximate surface area is 161 Å². The van der Waals surface area contributed by atoms with Crippen LogP contribution in [0.3, 0.4) is 0 Å². The number of nitrogens with one attached hydrogen (secondary N) is 2. The van der Waals surface area contributed by atoms with E-state index in [0.29, 0.717) is 24.6 Å². The van der Waals surface area contributed by atoms with Crippen molar-refractivity contribution in [3.8, 4) is 0 Å².